The molecule has 0 saturated carbocycles. The maximum atomic E-state index is 13.2. The van der Waals surface area contributed by atoms with Crippen LogP contribution < -0.4 is 15.5 Å². The summed E-state index contributed by atoms with van der Waals surface area (Å²) in [5, 5.41) is 15.3. The van der Waals surface area contributed by atoms with E-state index in [1.807, 2.05) is 0 Å². The van der Waals surface area contributed by atoms with E-state index in [9.17, 15) is 27.9 Å². The van der Waals surface area contributed by atoms with Crippen LogP contribution in [0.15, 0.2) is 73.1 Å². The Morgan fingerprint density at radius 1 is 1.02 bits per heavy atom. The highest BCUT2D eigenvalue weighted by molar-refractivity contribution is 6.03. The Morgan fingerprint density at radius 3 is 2.41 bits per heavy atom. The molecule has 1 aromatic heterocycles. The van der Waals surface area contributed by atoms with Gasteiger partial charge in [-0.05, 0) is 54.7 Å². The van der Waals surface area contributed by atoms with Gasteiger partial charge in [0.2, 0.25) is 11.9 Å². The van der Waals surface area contributed by atoms with E-state index in [-0.39, 0.29) is 6.42 Å². The number of anilines is 3. The summed E-state index contributed by atoms with van der Waals surface area (Å²) in [5.74, 6) is -0.373. The van der Waals surface area contributed by atoms with E-state index in [1.54, 1.807) is 36.7 Å². The lowest BCUT2D eigenvalue weighted by Gasteiger charge is -2.26. The fourth-order valence-electron chi connectivity index (χ4n) is 4.86. The van der Waals surface area contributed by atoms with Gasteiger partial charge < -0.3 is 20.6 Å². The van der Waals surface area contributed by atoms with Crippen LogP contribution in [-0.4, -0.2) is 46.1 Å². The van der Waals surface area contributed by atoms with Crippen molar-refractivity contribution in [1.82, 2.24) is 9.97 Å². The first-order chi connectivity index (χ1) is 19.7. The van der Waals surface area contributed by atoms with Gasteiger partial charge >= 0.3 is 6.18 Å². The smallest absolute Gasteiger partial charge is 0.383 e. The summed E-state index contributed by atoms with van der Waals surface area (Å²) < 4.78 is 39.5. The predicted molar refractivity (Wildman–Crippen MR) is 149 cm³/mol. The summed E-state index contributed by atoms with van der Waals surface area (Å²) in [5.41, 5.74) is 2.42. The van der Waals surface area contributed by atoms with Crippen LogP contribution in [0.3, 0.4) is 0 Å². The first kappa shape index (κ1) is 28.0. The Kier molecular flexibility index (Phi) is 8.16. The van der Waals surface area contributed by atoms with Crippen LogP contribution in [0, 0.1) is 0 Å². The van der Waals surface area contributed by atoms with E-state index in [0.29, 0.717) is 39.6 Å². The lowest BCUT2D eigenvalue weighted by atomic mass is 9.98. The van der Waals surface area contributed by atoms with Gasteiger partial charge in [0.05, 0.1) is 5.56 Å². The molecule has 0 radical (unpaired) electrons. The molecule has 1 atom stereocenters. The molecular weight excluding hydrogens is 535 g/mol. The Balaban J connectivity index is 1.39. The van der Waals surface area contributed by atoms with Gasteiger partial charge in [-0.3, -0.25) is 9.59 Å². The van der Waals surface area contributed by atoms with Gasteiger partial charge in [-0.15, -0.1) is 0 Å². The molecule has 2 aromatic carbocycles. The van der Waals surface area contributed by atoms with Crippen molar-refractivity contribution >= 4 is 34.7 Å². The number of benzene rings is 2. The fraction of sp³-hybridized carbons (Fsp3) is 0.267. The second-order valence-corrected chi connectivity index (χ2v) is 9.86. The van der Waals surface area contributed by atoms with E-state index in [1.165, 1.54) is 30.7 Å². The first-order valence-electron chi connectivity index (χ1n) is 13.2. The molecule has 41 heavy (non-hydrogen) atoms. The number of rotatable bonds is 6. The molecule has 8 nitrogen and oxygen atoms in total. The number of aromatic nitrogens is 2. The predicted octanol–water partition coefficient (Wildman–Crippen LogP) is 4.97. The molecule has 0 spiro atoms. The third-order valence-electron chi connectivity index (χ3n) is 7.01. The maximum absolute atomic E-state index is 13.2. The minimum absolute atomic E-state index is 0.0622. The summed E-state index contributed by atoms with van der Waals surface area (Å²) in [6.45, 7) is 1.74. The van der Waals surface area contributed by atoms with Crippen LogP contribution in [0.5, 0.6) is 0 Å². The van der Waals surface area contributed by atoms with Gasteiger partial charge in [-0.25, -0.2) is 9.97 Å². The summed E-state index contributed by atoms with van der Waals surface area (Å²) >= 11 is 0. The molecule has 3 aromatic rings. The molecule has 2 aliphatic heterocycles. The second kappa shape index (κ2) is 11.9. The van der Waals surface area contributed by atoms with Crippen molar-refractivity contribution in [1.29, 1.82) is 0 Å². The number of aliphatic hydroxyl groups is 1. The van der Waals surface area contributed by atoms with Gasteiger partial charge in [0.1, 0.15) is 6.10 Å². The molecule has 3 N–H and O–H groups in total. The molecule has 2 aliphatic rings. The number of carbonyl (C=O) groups excluding carboxylic acids is 2. The SMILES string of the molecule is O=C(/C=C/C=C(/c1ccc(C(F)(F)F)cc1)c1cnc(N2CCCCC2)nc1)Nc1cccc2c1CC(O)C(=O)N2. The van der Waals surface area contributed by atoms with Crippen LogP contribution >= 0.6 is 0 Å². The molecule has 3 heterocycles. The van der Waals surface area contributed by atoms with Crippen LogP contribution in [0.2, 0.25) is 0 Å². The normalized spacial score (nSPS) is 17.8. The number of hydrogen-bond donors (Lipinski definition) is 3. The molecule has 1 unspecified atom stereocenters. The van der Waals surface area contributed by atoms with Crippen molar-refractivity contribution in [3.63, 3.8) is 0 Å². The van der Waals surface area contributed by atoms with Crippen LogP contribution in [0.4, 0.5) is 30.5 Å². The fourth-order valence-corrected chi connectivity index (χ4v) is 4.86. The number of fused-ring (bicyclic) bond motifs is 1. The zero-order chi connectivity index (χ0) is 29.0. The number of nitrogens with one attached hydrogen (secondary N) is 2. The first-order valence-corrected chi connectivity index (χ1v) is 13.2. The average molecular weight is 564 g/mol. The standard InChI is InChI=1S/C30H28F3N5O3/c31-30(32,33)21-12-10-19(11-13-21)22(20-17-34-29(35-18-20)38-14-2-1-3-15-38)6-4-9-27(40)36-24-7-5-8-25-23(24)16-26(39)28(41)37-25/h4-13,17-18,26,39H,1-3,14-16H2,(H,36,40)(H,37,41)/b9-4+,22-6-. The number of allylic oxidation sites excluding steroid dienone is 2. The number of piperidine rings is 1. The number of carbonyl (C=O) groups is 2. The number of hydrogen-bond acceptors (Lipinski definition) is 6. The van der Waals surface area contributed by atoms with Crippen molar-refractivity contribution < 1.29 is 27.9 Å². The van der Waals surface area contributed by atoms with Crippen LogP contribution in [0.25, 0.3) is 5.57 Å². The van der Waals surface area contributed by atoms with Crippen molar-refractivity contribution in [2.75, 3.05) is 28.6 Å². The van der Waals surface area contributed by atoms with Gasteiger partial charge in [-0.2, -0.15) is 13.2 Å². The lowest BCUT2D eigenvalue weighted by Crippen LogP contribution is -2.34. The number of alkyl halides is 3. The van der Waals surface area contributed by atoms with Crippen molar-refractivity contribution in [3.8, 4) is 0 Å². The molecule has 11 heteroatoms. The third-order valence-corrected chi connectivity index (χ3v) is 7.01. The minimum atomic E-state index is -4.46. The molecule has 5 rings (SSSR count). The van der Waals surface area contributed by atoms with E-state index >= 15 is 0 Å². The molecule has 212 valence electrons. The Morgan fingerprint density at radius 2 is 1.73 bits per heavy atom. The van der Waals surface area contributed by atoms with Crippen molar-refractivity contribution in [2.24, 2.45) is 0 Å². The summed E-state index contributed by atoms with van der Waals surface area (Å²) in [6.07, 6.45) is 5.33. The van der Waals surface area contributed by atoms with Gasteiger partial charge in [0.25, 0.3) is 5.91 Å². The van der Waals surface area contributed by atoms with E-state index in [4.69, 9.17) is 0 Å². The maximum Gasteiger partial charge on any atom is 0.416 e. The average Bonchev–Trinajstić information content (AvgIpc) is 2.97. The summed E-state index contributed by atoms with van der Waals surface area (Å²) in [6, 6.07) is 9.78. The van der Waals surface area contributed by atoms with Gasteiger partial charge in [0.15, 0.2) is 0 Å². The van der Waals surface area contributed by atoms with Crippen LogP contribution in [0.1, 0.15) is 41.5 Å². The summed E-state index contributed by atoms with van der Waals surface area (Å²) in [4.78, 5) is 35.6. The van der Waals surface area contributed by atoms with E-state index < -0.39 is 29.7 Å². The molecule has 1 saturated heterocycles. The largest absolute Gasteiger partial charge is 0.416 e. The Bertz CT molecular complexity index is 1480. The third kappa shape index (κ3) is 6.63. The zero-order valence-electron chi connectivity index (χ0n) is 22.0. The molecular formula is C30H28F3N5O3. The number of aliphatic hydroxyl groups excluding tert-OH is 1. The van der Waals surface area contributed by atoms with Crippen LogP contribution in [-0.2, 0) is 22.2 Å². The van der Waals surface area contributed by atoms with Crippen molar-refractivity contribution in [3.05, 3.63) is 95.3 Å². The van der Waals surface area contributed by atoms with E-state index in [0.717, 1.165) is 38.1 Å². The Hall–Kier alpha value is -4.51. The Labute approximate surface area is 234 Å². The highest BCUT2D eigenvalue weighted by Gasteiger charge is 2.30. The van der Waals surface area contributed by atoms with Crippen molar-refractivity contribution in [2.45, 2.75) is 38.0 Å². The highest BCUT2D eigenvalue weighted by atomic mass is 19.4. The highest BCUT2D eigenvalue weighted by Crippen LogP contribution is 2.32. The number of amides is 2. The minimum Gasteiger partial charge on any atom is -0.383 e. The number of halogens is 3. The van der Waals surface area contributed by atoms with Gasteiger partial charge in [0, 0.05) is 60.5 Å². The monoisotopic (exact) mass is 563 g/mol. The van der Waals surface area contributed by atoms with E-state index in [2.05, 4.69) is 25.5 Å². The molecule has 0 aliphatic carbocycles. The number of nitrogens with zero attached hydrogens (tertiary/aromatic N) is 3. The lowest BCUT2D eigenvalue weighted by molar-refractivity contribution is -0.137. The summed E-state index contributed by atoms with van der Waals surface area (Å²) in [7, 11) is 0. The van der Waals surface area contributed by atoms with Gasteiger partial charge in [-0.1, -0.05) is 30.4 Å². The second-order valence-electron chi connectivity index (χ2n) is 9.86. The molecule has 2 amide bonds. The topological polar surface area (TPSA) is 107 Å². The molecule has 0 bridgehead atoms. The molecule has 1 fully saturated rings. The zero-order valence-corrected chi connectivity index (χ0v) is 22.0. The quantitative estimate of drug-likeness (QED) is 0.289.